The van der Waals surface area contributed by atoms with E-state index in [1.54, 1.807) is 0 Å². The summed E-state index contributed by atoms with van der Waals surface area (Å²) >= 11 is 0. The summed E-state index contributed by atoms with van der Waals surface area (Å²) in [5.41, 5.74) is 0.859. The van der Waals surface area contributed by atoms with Crippen LogP contribution in [-0.2, 0) is 14.3 Å². The highest BCUT2D eigenvalue weighted by Crippen LogP contribution is 2.06. The molecule has 0 aromatic heterocycles. The fourth-order valence-corrected chi connectivity index (χ4v) is 1.06. The maximum absolute atomic E-state index is 11.3. The fraction of sp³-hybridized carbons (Fsp3) is 0.385. The molecule has 0 bridgehead atoms. The molecule has 0 atom stereocenters. The summed E-state index contributed by atoms with van der Waals surface area (Å²) in [5, 5.41) is 0. The van der Waals surface area contributed by atoms with Crippen molar-refractivity contribution in [1.82, 2.24) is 4.90 Å². The summed E-state index contributed by atoms with van der Waals surface area (Å²) < 4.78 is 4.54. The molecule has 0 unspecified atom stereocenters. The molecule has 0 aromatic carbocycles. The first-order valence-corrected chi connectivity index (χ1v) is 5.21. The van der Waals surface area contributed by atoms with Crippen LogP contribution >= 0.6 is 0 Å². The minimum Gasteiger partial charge on any atom is -0.465 e. The van der Waals surface area contributed by atoms with E-state index in [4.69, 9.17) is 0 Å². The number of carbonyl (C=O) groups excluding carboxylic acids is 2. The van der Waals surface area contributed by atoms with Gasteiger partial charge < -0.3 is 9.64 Å². The zero-order valence-corrected chi connectivity index (χ0v) is 11.0. The van der Waals surface area contributed by atoms with Gasteiger partial charge in [0.25, 0.3) is 0 Å². The van der Waals surface area contributed by atoms with Gasteiger partial charge in [0.1, 0.15) is 5.57 Å². The molecule has 0 aromatic rings. The zero-order chi connectivity index (χ0) is 13.4. The third kappa shape index (κ3) is 6.35. The minimum atomic E-state index is -0.609. The molecule has 0 spiro atoms. The van der Waals surface area contributed by atoms with Gasteiger partial charge >= 0.3 is 5.97 Å². The lowest BCUT2D eigenvalue weighted by Crippen LogP contribution is -2.11. The first-order valence-electron chi connectivity index (χ1n) is 5.21. The Labute approximate surface area is 102 Å². The van der Waals surface area contributed by atoms with E-state index in [9.17, 15) is 9.59 Å². The number of allylic oxidation sites excluding steroid dienone is 4. The quantitative estimate of drug-likeness (QED) is 0.240. The average molecular weight is 237 g/mol. The lowest BCUT2D eigenvalue weighted by atomic mass is 10.1. The highest BCUT2D eigenvalue weighted by molar-refractivity contribution is 6.16. The first-order chi connectivity index (χ1) is 7.88. The van der Waals surface area contributed by atoms with Crippen LogP contribution in [0.1, 0.15) is 13.8 Å². The van der Waals surface area contributed by atoms with Crippen LogP contribution in [-0.4, -0.2) is 37.9 Å². The monoisotopic (exact) mass is 237 g/mol. The number of esters is 1. The largest absolute Gasteiger partial charge is 0.465 e. The number of rotatable bonds is 5. The van der Waals surface area contributed by atoms with Crippen molar-refractivity contribution >= 4 is 11.8 Å². The predicted molar refractivity (Wildman–Crippen MR) is 67.4 cm³/mol. The standard InChI is InChI=1S/C13H19NO3/c1-10(7-6-8-14(3)4)9-12(11(2)15)13(16)17-5/h6-9H,1-5H3. The summed E-state index contributed by atoms with van der Waals surface area (Å²) in [6.07, 6.45) is 7.03. The van der Waals surface area contributed by atoms with Gasteiger partial charge in [-0.05, 0) is 32.2 Å². The summed E-state index contributed by atoms with van der Waals surface area (Å²) in [4.78, 5) is 24.4. The van der Waals surface area contributed by atoms with Gasteiger partial charge in [-0.15, -0.1) is 0 Å². The summed E-state index contributed by atoms with van der Waals surface area (Å²) in [7, 11) is 5.07. The van der Waals surface area contributed by atoms with Crippen molar-refractivity contribution in [1.29, 1.82) is 0 Å². The van der Waals surface area contributed by atoms with Gasteiger partial charge in [0.15, 0.2) is 5.78 Å². The molecule has 17 heavy (non-hydrogen) atoms. The molecule has 0 aliphatic carbocycles. The number of Topliss-reactive ketones (excluding diaryl/α,β-unsaturated/α-hetero) is 1. The molecule has 0 heterocycles. The number of hydrogen-bond acceptors (Lipinski definition) is 4. The van der Waals surface area contributed by atoms with Crippen LogP contribution in [0.2, 0.25) is 0 Å². The van der Waals surface area contributed by atoms with E-state index in [1.807, 2.05) is 44.3 Å². The van der Waals surface area contributed by atoms with Crippen molar-refractivity contribution in [2.45, 2.75) is 13.8 Å². The molecule has 94 valence electrons. The van der Waals surface area contributed by atoms with E-state index in [0.717, 1.165) is 5.57 Å². The summed E-state index contributed by atoms with van der Waals surface area (Å²) in [6.45, 7) is 3.15. The maximum Gasteiger partial charge on any atom is 0.341 e. The van der Waals surface area contributed by atoms with Crippen molar-refractivity contribution in [3.05, 3.63) is 35.6 Å². The van der Waals surface area contributed by atoms with Crippen LogP contribution in [0.25, 0.3) is 0 Å². The molecular weight excluding hydrogens is 218 g/mol. The van der Waals surface area contributed by atoms with Crippen LogP contribution < -0.4 is 0 Å². The predicted octanol–water partition coefficient (Wildman–Crippen LogP) is 1.70. The Bertz CT molecular complexity index is 376. The first kappa shape index (κ1) is 15.2. The van der Waals surface area contributed by atoms with Gasteiger partial charge in [0.05, 0.1) is 7.11 Å². The second kappa shape index (κ2) is 7.44. The molecule has 4 heteroatoms. The van der Waals surface area contributed by atoms with Crippen LogP contribution in [0.3, 0.4) is 0 Å². The van der Waals surface area contributed by atoms with Gasteiger partial charge in [0.2, 0.25) is 0 Å². The van der Waals surface area contributed by atoms with Crippen LogP contribution in [0.4, 0.5) is 0 Å². The molecular formula is C13H19NO3. The molecule has 0 aliphatic rings. The number of carbonyl (C=O) groups is 2. The highest BCUT2D eigenvalue weighted by atomic mass is 16.5. The second-order valence-electron chi connectivity index (χ2n) is 3.82. The van der Waals surface area contributed by atoms with Crippen molar-refractivity contribution in [2.24, 2.45) is 0 Å². The van der Waals surface area contributed by atoms with E-state index in [-0.39, 0.29) is 11.4 Å². The smallest absolute Gasteiger partial charge is 0.341 e. The van der Waals surface area contributed by atoms with Crippen LogP contribution in [0, 0.1) is 0 Å². The Morgan fingerprint density at radius 2 is 1.76 bits per heavy atom. The summed E-state index contributed by atoms with van der Waals surface area (Å²) in [6, 6.07) is 0. The SMILES string of the molecule is COC(=O)C(=CC(C)=CC=CN(C)C)C(C)=O. The molecule has 0 saturated heterocycles. The molecule has 0 rings (SSSR count). The number of ketones is 1. The second-order valence-corrected chi connectivity index (χ2v) is 3.82. The van der Waals surface area contributed by atoms with Crippen LogP contribution in [0.15, 0.2) is 35.6 Å². The molecule has 0 saturated carbocycles. The van der Waals surface area contributed by atoms with Gasteiger partial charge in [-0.2, -0.15) is 0 Å². The highest BCUT2D eigenvalue weighted by Gasteiger charge is 2.13. The van der Waals surface area contributed by atoms with Crippen molar-refractivity contribution < 1.29 is 14.3 Å². The van der Waals surface area contributed by atoms with Crippen molar-refractivity contribution in [3.63, 3.8) is 0 Å². The lowest BCUT2D eigenvalue weighted by Gasteiger charge is -2.02. The molecule has 0 radical (unpaired) electrons. The number of nitrogens with zero attached hydrogens (tertiary/aromatic N) is 1. The third-order valence-corrected chi connectivity index (χ3v) is 1.90. The number of hydrogen-bond donors (Lipinski definition) is 0. The normalized spacial score (nSPS) is 12.8. The lowest BCUT2D eigenvalue weighted by molar-refractivity contribution is -0.137. The van der Waals surface area contributed by atoms with Crippen molar-refractivity contribution in [3.8, 4) is 0 Å². The Morgan fingerprint density at radius 3 is 2.18 bits per heavy atom. The molecule has 0 aliphatic heterocycles. The van der Waals surface area contributed by atoms with Crippen molar-refractivity contribution in [2.75, 3.05) is 21.2 Å². The molecule has 0 fully saturated rings. The third-order valence-electron chi connectivity index (χ3n) is 1.90. The van der Waals surface area contributed by atoms with Crippen LogP contribution in [0.5, 0.6) is 0 Å². The molecule has 0 amide bonds. The van der Waals surface area contributed by atoms with Gasteiger partial charge in [-0.25, -0.2) is 4.79 Å². The van der Waals surface area contributed by atoms with Gasteiger partial charge in [-0.1, -0.05) is 11.6 Å². The minimum absolute atomic E-state index is 0.0551. The Morgan fingerprint density at radius 1 is 1.18 bits per heavy atom. The zero-order valence-electron chi connectivity index (χ0n) is 11.0. The number of methoxy groups -OCH3 is 1. The van der Waals surface area contributed by atoms with Gasteiger partial charge in [-0.3, -0.25) is 4.79 Å². The molecule has 4 nitrogen and oxygen atoms in total. The van der Waals surface area contributed by atoms with E-state index in [2.05, 4.69) is 4.74 Å². The van der Waals surface area contributed by atoms with E-state index in [0.29, 0.717) is 0 Å². The summed E-state index contributed by atoms with van der Waals surface area (Å²) in [5.74, 6) is -0.914. The Hall–Kier alpha value is -1.84. The van der Waals surface area contributed by atoms with E-state index < -0.39 is 5.97 Å². The fourth-order valence-electron chi connectivity index (χ4n) is 1.06. The Balaban J connectivity index is 4.94. The molecule has 0 N–H and O–H groups in total. The van der Waals surface area contributed by atoms with E-state index in [1.165, 1.54) is 20.1 Å². The van der Waals surface area contributed by atoms with E-state index >= 15 is 0 Å². The topological polar surface area (TPSA) is 46.6 Å². The number of ether oxygens (including phenoxy) is 1. The maximum atomic E-state index is 11.3. The van der Waals surface area contributed by atoms with Gasteiger partial charge in [0, 0.05) is 14.1 Å². The average Bonchev–Trinajstić information content (AvgIpc) is 2.24. The Kier molecular flexibility index (Phi) is 6.63.